The van der Waals surface area contributed by atoms with Gasteiger partial charge in [0.1, 0.15) is 5.78 Å². The number of piperazine rings is 1. The van der Waals surface area contributed by atoms with Crippen LogP contribution in [0.3, 0.4) is 0 Å². The van der Waals surface area contributed by atoms with Gasteiger partial charge in [0.2, 0.25) is 0 Å². The molecule has 1 saturated heterocycles. The van der Waals surface area contributed by atoms with Crippen LogP contribution in [0.4, 0.5) is 5.69 Å². The van der Waals surface area contributed by atoms with Gasteiger partial charge in [-0.05, 0) is 45.2 Å². The molecule has 0 amide bonds. The molecule has 1 N–H and O–H groups in total. The maximum atomic E-state index is 10.0. The normalized spacial score (nSPS) is 17.4. The van der Waals surface area contributed by atoms with Crippen molar-refractivity contribution in [1.82, 2.24) is 10.3 Å². The standard InChI is InChI=1S/C14H23N3.C5H10O/c1-4-5-13-12(3)16-7-6-14(13)17-9-8-15-11(2)10-17;1-3-4-5(2)6/h6-7,11,15H,4-5,8-10H2,1-3H3;3-4H2,1-2H3/t11-;/m0./s1. The molecule has 0 aromatic carbocycles. The Morgan fingerprint density at radius 2 is 2.13 bits per heavy atom. The lowest BCUT2D eigenvalue weighted by Gasteiger charge is -2.35. The molecule has 0 spiro atoms. The molecule has 0 aliphatic carbocycles. The minimum atomic E-state index is 0.289. The average molecular weight is 319 g/mol. The Morgan fingerprint density at radius 3 is 2.65 bits per heavy atom. The summed E-state index contributed by atoms with van der Waals surface area (Å²) in [5.74, 6) is 0.289. The maximum absolute atomic E-state index is 10.0. The summed E-state index contributed by atoms with van der Waals surface area (Å²) in [6, 6.07) is 2.75. The van der Waals surface area contributed by atoms with Crippen molar-refractivity contribution in [2.24, 2.45) is 0 Å². The lowest BCUT2D eigenvalue weighted by molar-refractivity contribution is -0.117. The Balaban J connectivity index is 0.000000379. The Labute approximate surface area is 141 Å². The van der Waals surface area contributed by atoms with E-state index in [2.05, 4.69) is 42.0 Å². The Kier molecular flexibility index (Phi) is 8.85. The van der Waals surface area contributed by atoms with Crippen LogP contribution in [0.15, 0.2) is 12.3 Å². The number of hydrogen-bond donors (Lipinski definition) is 1. The van der Waals surface area contributed by atoms with Gasteiger partial charge in [0.25, 0.3) is 0 Å². The van der Waals surface area contributed by atoms with E-state index in [9.17, 15) is 4.79 Å². The number of rotatable bonds is 5. The van der Waals surface area contributed by atoms with Crippen LogP contribution in [0, 0.1) is 6.92 Å². The first-order valence-electron chi connectivity index (χ1n) is 8.91. The number of aryl methyl sites for hydroxylation is 1. The van der Waals surface area contributed by atoms with E-state index in [4.69, 9.17) is 0 Å². The SMILES string of the molecule is CCCC(C)=O.CCCc1c(N2CCN[C@@H](C)C2)ccnc1C. The van der Waals surface area contributed by atoms with Gasteiger partial charge in [0.15, 0.2) is 0 Å². The smallest absolute Gasteiger partial charge is 0.129 e. The predicted molar refractivity (Wildman–Crippen MR) is 98.2 cm³/mol. The summed E-state index contributed by atoms with van der Waals surface area (Å²) in [4.78, 5) is 17.0. The third-order valence-electron chi connectivity index (χ3n) is 4.06. The summed E-state index contributed by atoms with van der Waals surface area (Å²) < 4.78 is 0. The van der Waals surface area contributed by atoms with Gasteiger partial charge in [-0.3, -0.25) is 4.98 Å². The van der Waals surface area contributed by atoms with Crippen LogP contribution in [0.25, 0.3) is 0 Å². The van der Waals surface area contributed by atoms with Gasteiger partial charge >= 0.3 is 0 Å². The molecule has 1 aromatic heterocycles. The van der Waals surface area contributed by atoms with Crippen molar-refractivity contribution in [3.05, 3.63) is 23.5 Å². The van der Waals surface area contributed by atoms with Gasteiger partial charge in [-0.15, -0.1) is 0 Å². The van der Waals surface area contributed by atoms with E-state index in [0.29, 0.717) is 6.04 Å². The highest BCUT2D eigenvalue weighted by Crippen LogP contribution is 2.24. The number of aromatic nitrogens is 1. The molecule has 4 nitrogen and oxygen atoms in total. The zero-order chi connectivity index (χ0) is 17.2. The molecule has 4 heteroatoms. The monoisotopic (exact) mass is 319 g/mol. The second-order valence-corrected chi connectivity index (χ2v) is 6.40. The molecule has 1 fully saturated rings. The van der Waals surface area contributed by atoms with E-state index in [1.54, 1.807) is 6.92 Å². The summed E-state index contributed by atoms with van der Waals surface area (Å²) in [6.45, 7) is 13.5. The molecule has 2 heterocycles. The Hall–Kier alpha value is -1.42. The topological polar surface area (TPSA) is 45.2 Å². The zero-order valence-electron chi connectivity index (χ0n) is 15.5. The van der Waals surface area contributed by atoms with Gasteiger partial charge in [0.05, 0.1) is 0 Å². The third-order valence-corrected chi connectivity index (χ3v) is 4.06. The first-order chi connectivity index (χ1) is 11.0. The summed E-state index contributed by atoms with van der Waals surface area (Å²) in [5.41, 5.74) is 4.02. The van der Waals surface area contributed by atoms with Crippen LogP contribution in [-0.4, -0.2) is 36.4 Å². The summed E-state index contributed by atoms with van der Waals surface area (Å²) in [7, 11) is 0. The number of anilines is 1. The molecule has 1 atom stereocenters. The predicted octanol–water partition coefficient (Wildman–Crippen LogP) is 3.52. The van der Waals surface area contributed by atoms with Crippen molar-refractivity contribution in [3.8, 4) is 0 Å². The van der Waals surface area contributed by atoms with Crippen LogP contribution in [-0.2, 0) is 11.2 Å². The minimum Gasteiger partial charge on any atom is -0.368 e. The second kappa shape index (κ2) is 10.4. The van der Waals surface area contributed by atoms with Gasteiger partial charge in [-0.25, -0.2) is 0 Å². The molecule has 0 bridgehead atoms. The van der Waals surface area contributed by atoms with Gasteiger partial charge < -0.3 is 15.0 Å². The number of hydrogen-bond acceptors (Lipinski definition) is 4. The van der Waals surface area contributed by atoms with E-state index in [0.717, 1.165) is 38.9 Å². The van der Waals surface area contributed by atoms with Crippen LogP contribution in [0.5, 0.6) is 0 Å². The van der Waals surface area contributed by atoms with Crippen LogP contribution in [0.1, 0.15) is 58.2 Å². The van der Waals surface area contributed by atoms with Crippen molar-refractivity contribution < 1.29 is 4.79 Å². The van der Waals surface area contributed by atoms with Crippen LogP contribution >= 0.6 is 0 Å². The van der Waals surface area contributed by atoms with Crippen molar-refractivity contribution >= 4 is 11.5 Å². The van der Waals surface area contributed by atoms with Crippen molar-refractivity contribution in [1.29, 1.82) is 0 Å². The van der Waals surface area contributed by atoms with Gasteiger partial charge in [-0.1, -0.05) is 20.3 Å². The fraction of sp³-hybridized carbons (Fsp3) is 0.684. The highest BCUT2D eigenvalue weighted by molar-refractivity contribution is 5.75. The van der Waals surface area contributed by atoms with Gasteiger partial charge in [0, 0.05) is 49.7 Å². The number of carbonyl (C=O) groups excluding carboxylic acids is 1. The molecule has 23 heavy (non-hydrogen) atoms. The zero-order valence-corrected chi connectivity index (χ0v) is 15.5. The molecule has 1 aromatic rings. The van der Waals surface area contributed by atoms with Crippen molar-refractivity contribution in [2.45, 2.75) is 66.3 Å². The van der Waals surface area contributed by atoms with E-state index < -0.39 is 0 Å². The fourth-order valence-corrected chi connectivity index (χ4v) is 2.94. The molecule has 0 saturated carbocycles. The van der Waals surface area contributed by atoms with Crippen molar-refractivity contribution in [2.75, 3.05) is 24.5 Å². The molecular formula is C19H33N3O. The van der Waals surface area contributed by atoms with Crippen LogP contribution in [0.2, 0.25) is 0 Å². The number of nitrogens with zero attached hydrogens (tertiary/aromatic N) is 2. The Bertz CT molecular complexity index is 488. The molecule has 1 aliphatic heterocycles. The second-order valence-electron chi connectivity index (χ2n) is 6.40. The maximum Gasteiger partial charge on any atom is 0.129 e. The molecule has 1 aliphatic rings. The quantitative estimate of drug-likeness (QED) is 0.902. The first kappa shape index (κ1) is 19.6. The molecule has 0 unspecified atom stereocenters. The number of Topliss-reactive ketones (excluding diaryl/α,β-unsaturated/α-hetero) is 1. The minimum absolute atomic E-state index is 0.289. The summed E-state index contributed by atoms with van der Waals surface area (Å²) >= 11 is 0. The number of ketones is 1. The first-order valence-corrected chi connectivity index (χ1v) is 8.91. The lowest BCUT2D eigenvalue weighted by atomic mass is 10.0. The number of pyridine rings is 1. The molecule has 130 valence electrons. The van der Waals surface area contributed by atoms with Crippen molar-refractivity contribution in [3.63, 3.8) is 0 Å². The summed E-state index contributed by atoms with van der Waals surface area (Å²) in [6.07, 6.45) is 5.97. The van der Waals surface area contributed by atoms with Gasteiger partial charge in [-0.2, -0.15) is 0 Å². The third kappa shape index (κ3) is 6.69. The lowest BCUT2D eigenvalue weighted by Crippen LogP contribution is -2.49. The van der Waals surface area contributed by atoms with E-state index >= 15 is 0 Å². The van der Waals surface area contributed by atoms with E-state index in [1.807, 2.05) is 13.1 Å². The molecule has 0 radical (unpaired) electrons. The Morgan fingerprint density at radius 1 is 1.39 bits per heavy atom. The van der Waals surface area contributed by atoms with E-state index in [-0.39, 0.29) is 5.78 Å². The van der Waals surface area contributed by atoms with E-state index in [1.165, 1.54) is 23.4 Å². The summed E-state index contributed by atoms with van der Waals surface area (Å²) in [5, 5.41) is 3.49. The molecular weight excluding hydrogens is 286 g/mol. The fourth-order valence-electron chi connectivity index (χ4n) is 2.94. The van der Waals surface area contributed by atoms with Crippen LogP contribution < -0.4 is 10.2 Å². The highest BCUT2D eigenvalue weighted by atomic mass is 16.1. The largest absolute Gasteiger partial charge is 0.368 e. The number of nitrogens with one attached hydrogen (secondary N) is 1. The number of carbonyl (C=O) groups is 1. The molecule has 2 rings (SSSR count). The average Bonchev–Trinajstić information content (AvgIpc) is 2.50. The highest BCUT2D eigenvalue weighted by Gasteiger charge is 2.18.